The second-order valence-electron chi connectivity index (χ2n) is 3.88. The van der Waals surface area contributed by atoms with Gasteiger partial charge in [-0.2, -0.15) is 4.31 Å². The minimum Gasteiger partial charge on any atom is -0.480 e. The number of carboxylic acids is 1. The number of nitro benzene ring substituents is 1. The van der Waals surface area contributed by atoms with Gasteiger partial charge in [-0.25, -0.2) is 8.42 Å². The summed E-state index contributed by atoms with van der Waals surface area (Å²) in [6.07, 6.45) is 0. The number of aliphatic carboxylic acids is 1. The Balaban J connectivity index is 3.51. The number of nitrogens with zero attached hydrogens (tertiary/aromatic N) is 2. The van der Waals surface area contributed by atoms with Crippen LogP contribution in [0.25, 0.3) is 0 Å². The van der Waals surface area contributed by atoms with E-state index in [0.717, 1.165) is 20.0 Å². The van der Waals surface area contributed by atoms with Crippen molar-refractivity contribution in [1.29, 1.82) is 0 Å². The lowest BCUT2D eigenvalue weighted by molar-refractivity contribution is -0.387. The molecule has 1 aromatic rings. The van der Waals surface area contributed by atoms with Crippen LogP contribution >= 0.6 is 11.6 Å². The van der Waals surface area contributed by atoms with E-state index in [2.05, 4.69) is 0 Å². The average molecular weight is 323 g/mol. The summed E-state index contributed by atoms with van der Waals surface area (Å²) < 4.78 is 25.1. The first kappa shape index (κ1) is 16.3. The summed E-state index contributed by atoms with van der Waals surface area (Å²) in [7, 11) is -3.40. The Kier molecular flexibility index (Phi) is 4.69. The Morgan fingerprint density at radius 1 is 1.50 bits per heavy atom. The maximum absolute atomic E-state index is 12.3. The van der Waals surface area contributed by atoms with Gasteiger partial charge >= 0.3 is 5.97 Å². The van der Waals surface area contributed by atoms with Crippen molar-refractivity contribution in [3.63, 3.8) is 0 Å². The lowest BCUT2D eigenvalue weighted by Crippen LogP contribution is -2.40. The Labute approximate surface area is 119 Å². The van der Waals surface area contributed by atoms with E-state index in [9.17, 15) is 23.3 Å². The van der Waals surface area contributed by atoms with Crippen LogP contribution in [0.15, 0.2) is 23.1 Å². The molecule has 0 amide bonds. The van der Waals surface area contributed by atoms with Crippen LogP contribution in [0.5, 0.6) is 0 Å². The fourth-order valence-corrected chi connectivity index (χ4v) is 3.38. The number of carboxylic acid groups (broad SMARTS) is 1. The number of nitro groups is 1. The second kappa shape index (κ2) is 5.73. The van der Waals surface area contributed by atoms with E-state index in [-0.39, 0.29) is 5.02 Å². The highest BCUT2D eigenvalue weighted by Crippen LogP contribution is 2.33. The van der Waals surface area contributed by atoms with Gasteiger partial charge in [-0.05, 0) is 13.0 Å². The highest BCUT2D eigenvalue weighted by atomic mass is 35.5. The summed E-state index contributed by atoms with van der Waals surface area (Å²) in [6, 6.07) is 2.01. The Morgan fingerprint density at radius 2 is 2.05 bits per heavy atom. The van der Waals surface area contributed by atoms with E-state index in [1.165, 1.54) is 12.1 Å². The molecule has 0 saturated heterocycles. The minimum absolute atomic E-state index is 0.344. The Morgan fingerprint density at radius 3 is 2.50 bits per heavy atom. The van der Waals surface area contributed by atoms with Gasteiger partial charge < -0.3 is 5.11 Å². The maximum Gasteiger partial charge on any atom is 0.321 e. The van der Waals surface area contributed by atoms with Crippen molar-refractivity contribution in [2.45, 2.75) is 17.9 Å². The van der Waals surface area contributed by atoms with Crippen molar-refractivity contribution in [3.05, 3.63) is 33.3 Å². The summed E-state index contributed by atoms with van der Waals surface area (Å²) in [6.45, 7) is 1.14. The van der Waals surface area contributed by atoms with Crippen LogP contribution in [0.3, 0.4) is 0 Å². The second-order valence-corrected chi connectivity index (χ2v) is 6.22. The summed E-state index contributed by atoms with van der Waals surface area (Å²) in [5.74, 6) is -1.38. The van der Waals surface area contributed by atoms with Crippen molar-refractivity contribution in [2.24, 2.45) is 0 Å². The van der Waals surface area contributed by atoms with Crippen molar-refractivity contribution >= 4 is 33.3 Å². The number of carbonyl (C=O) groups is 1. The molecular formula is C10H11ClN2O6S. The molecule has 20 heavy (non-hydrogen) atoms. The van der Waals surface area contributed by atoms with E-state index in [1.807, 2.05) is 0 Å². The van der Waals surface area contributed by atoms with Crippen molar-refractivity contribution in [2.75, 3.05) is 7.05 Å². The molecule has 1 rings (SSSR count). The molecule has 1 N–H and O–H groups in total. The molecule has 10 heteroatoms. The van der Waals surface area contributed by atoms with E-state index >= 15 is 0 Å². The summed E-state index contributed by atoms with van der Waals surface area (Å²) in [5, 5.41) is 19.4. The van der Waals surface area contributed by atoms with Crippen LogP contribution in [0, 0.1) is 10.1 Å². The number of rotatable bonds is 5. The van der Waals surface area contributed by atoms with Gasteiger partial charge in [-0.1, -0.05) is 17.7 Å². The predicted molar refractivity (Wildman–Crippen MR) is 70.2 cm³/mol. The van der Waals surface area contributed by atoms with Gasteiger partial charge in [0.2, 0.25) is 0 Å². The van der Waals surface area contributed by atoms with Crippen LogP contribution in [-0.4, -0.2) is 41.8 Å². The largest absolute Gasteiger partial charge is 0.480 e. The van der Waals surface area contributed by atoms with E-state index in [0.29, 0.717) is 4.31 Å². The van der Waals surface area contributed by atoms with Gasteiger partial charge in [-0.3, -0.25) is 14.9 Å². The predicted octanol–water partition coefficient (Wildman–Crippen LogP) is 1.34. The molecule has 0 aliphatic rings. The van der Waals surface area contributed by atoms with Gasteiger partial charge in [0.05, 0.1) is 9.95 Å². The van der Waals surface area contributed by atoms with Crippen molar-refractivity contribution < 1.29 is 23.2 Å². The molecule has 0 fully saturated rings. The number of hydrogen-bond donors (Lipinski definition) is 1. The number of likely N-dealkylation sites (N-methyl/N-ethyl adjacent to an activating group) is 1. The normalized spacial score (nSPS) is 13.2. The van der Waals surface area contributed by atoms with Gasteiger partial charge in [0.1, 0.15) is 6.04 Å². The molecule has 0 spiro atoms. The number of hydrogen-bond acceptors (Lipinski definition) is 5. The van der Waals surface area contributed by atoms with Gasteiger partial charge in [0.15, 0.2) is 4.90 Å². The Bertz CT molecular complexity index is 660. The van der Waals surface area contributed by atoms with E-state index in [1.54, 1.807) is 0 Å². The first-order valence-electron chi connectivity index (χ1n) is 5.24. The van der Waals surface area contributed by atoms with Gasteiger partial charge in [0, 0.05) is 13.1 Å². The first-order valence-corrected chi connectivity index (χ1v) is 7.06. The molecule has 0 aliphatic heterocycles. The standard InChI is InChI=1S/C10H11ClN2O6S/c1-6(10(14)15)12(2)20(18,19)9-7(11)4-3-5-8(9)13(16)17/h3-6H,1-2H3,(H,14,15). The SMILES string of the molecule is CC(C(=O)O)N(C)S(=O)(=O)c1c(Cl)cccc1[N+](=O)[O-]. The first-order chi connectivity index (χ1) is 9.10. The Hall–Kier alpha value is -1.71. The minimum atomic E-state index is -4.41. The maximum atomic E-state index is 12.3. The van der Waals surface area contributed by atoms with E-state index in [4.69, 9.17) is 16.7 Å². The molecule has 0 radical (unpaired) electrons. The van der Waals surface area contributed by atoms with Crippen LogP contribution < -0.4 is 0 Å². The van der Waals surface area contributed by atoms with Crippen molar-refractivity contribution in [1.82, 2.24) is 4.31 Å². The average Bonchev–Trinajstić information content (AvgIpc) is 2.35. The summed E-state index contributed by atoms with van der Waals surface area (Å²) in [5.41, 5.74) is -0.707. The van der Waals surface area contributed by atoms with Crippen LogP contribution in [0.2, 0.25) is 5.02 Å². The third-order valence-corrected chi connectivity index (χ3v) is 5.13. The monoisotopic (exact) mass is 322 g/mol. The molecule has 0 aromatic heterocycles. The van der Waals surface area contributed by atoms with Crippen LogP contribution in [0.1, 0.15) is 6.92 Å². The number of benzene rings is 1. The highest BCUT2D eigenvalue weighted by molar-refractivity contribution is 7.89. The highest BCUT2D eigenvalue weighted by Gasteiger charge is 2.36. The smallest absolute Gasteiger partial charge is 0.321 e. The topological polar surface area (TPSA) is 118 Å². The fourth-order valence-electron chi connectivity index (χ4n) is 1.40. The number of sulfonamides is 1. The molecule has 0 bridgehead atoms. The van der Waals surface area contributed by atoms with Crippen LogP contribution in [-0.2, 0) is 14.8 Å². The molecule has 0 aliphatic carbocycles. The molecule has 0 saturated carbocycles. The zero-order valence-corrected chi connectivity index (χ0v) is 12.1. The molecule has 1 atom stereocenters. The zero-order chi connectivity index (χ0) is 15.7. The lowest BCUT2D eigenvalue weighted by atomic mass is 10.3. The summed E-state index contributed by atoms with van der Waals surface area (Å²) >= 11 is 5.73. The molecule has 0 heterocycles. The number of halogens is 1. The molecule has 8 nitrogen and oxygen atoms in total. The quantitative estimate of drug-likeness (QED) is 0.645. The molecular weight excluding hydrogens is 312 g/mol. The molecule has 1 aromatic carbocycles. The lowest BCUT2D eigenvalue weighted by Gasteiger charge is -2.21. The fraction of sp³-hybridized carbons (Fsp3) is 0.300. The van der Waals surface area contributed by atoms with Gasteiger partial charge in [-0.15, -0.1) is 0 Å². The third-order valence-electron chi connectivity index (χ3n) is 2.68. The molecule has 110 valence electrons. The summed E-state index contributed by atoms with van der Waals surface area (Å²) in [4.78, 5) is 20.1. The van der Waals surface area contributed by atoms with Crippen molar-refractivity contribution in [3.8, 4) is 0 Å². The molecule has 1 unspecified atom stereocenters. The zero-order valence-electron chi connectivity index (χ0n) is 10.5. The van der Waals surface area contributed by atoms with Crippen LogP contribution in [0.4, 0.5) is 5.69 Å². The van der Waals surface area contributed by atoms with E-state index < -0.39 is 37.5 Å². The third kappa shape index (κ3) is 2.89. The van der Waals surface area contributed by atoms with Gasteiger partial charge in [0.25, 0.3) is 15.7 Å².